The Labute approximate surface area is 139 Å². The summed E-state index contributed by atoms with van der Waals surface area (Å²) in [5.41, 5.74) is 0.672. The molecule has 2 atom stereocenters. The fraction of sp³-hybridized carbons (Fsp3) is 0.500. The summed E-state index contributed by atoms with van der Waals surface area (Å²) in [6.45, 7) is 5.75. The highest BCUT2D eigenvalue weighted by Crippen LogP contribution is 2.26. The number of nitrogens with one attached hydrogen (secondary N) is 1. The monoisotopic (exact) mass is 333 g/mol. The summed E-state index contributed by atoms with van der Waals surface area (Å²) in [4.78, 5) is 12.1. The number of hydrogen-bond donors (Lipinski definition) is 1. The molecule has 0 saturated carbocycles. The summed E-state index contributed by atoms with van der Waals surface area (Å²) >= 11 is 0. The van der Waals surface area contributed by atoms with Crippen molar-refractivity contribution in [3.8, 4) is 11.4 Å². The van der Waals surface area contributed by atoms with E-state index in [1.807, 2.05) is 20.8 Å². The summed E-state index contributed by atoms with van der Waals surface area (Å²) in [7, 11) is 0. The Hall–Kier alpha value is -2.35. The molecule has 1 saturated heterocycles. The lowest BCUT2D eigenvalue weighted by atomic mass is 10.1. The lowest BCUT2D eigenvalue weighted by Crippen LogP contribution is -2.27. The molecule has 1 aliphatic heterocycles. The van der Waals surface area contributed by atoms with E-state index in [0.29, 0.717) is 17.9 Å². The topological polar surface area (TPSA) is 81.9 Å². The van der Waals surface area contributed by atoms with E-state index >= 15 is 0 Å². The molecule has 3 rings (SSSR count). The van der Waals surface area contributed by atoms with Gasteiger partial charge in [-0.2, -0.15) is 0 Å². The van der Waals surface area contributed by atoms with Crippen LogP contribution in [0, 0.1) is 5.82 Å². The van der Waals surface area contributed by atoms with Crippen molar-refractivity contribution in [2.75, 3.05) is 5.32 Å². The third kappa shape index (κ3) is 3.28. The van der Waals surface area contributed by atoms with Crippen LogP contribution in [0.15, 0.2) is 18.2 Å². The Morgan fingerprint density at radius 3 is 2.83 bits per heavy atom. The number of carbonyl (C=O) groups is 1. The van der Waals surface area contributed by atoms with E-state index in [9.17, 15) is 9.18 Å². The maximum absolute atomic E-state index is 14.5. The second kappa shape index (κ2) is 6.64. The van der Waals surface area contributed by atoms with E-state index in [4.69, 9.17) is 4.74 Å². The highest BCUT2D eigenvalue weighted by molar-refractivity contribution is 5.94. The van der Waals surface area contributed by atoms with E-state index in [-0.39, 0.29) is 23.6 Å². The van der Waals surface area contributed by atoms with Gasteiger partial charge >= 0.3 is 0 Å². The highest BCUT2D eigenvalue weighted by atomic mass is 19.1. The maximum Gasteiger partial charge on any atom is 0.253 e. The molecule has 2 unspecified atom stereocenters. The molecule has 1 fully saturated rings. The second-order valence-corrected chi connectivity index (χ2v) is 6.24. The number of hydrogen-bond acceptors (Lipinski definition) is 5. The van der Waals surface area contributed by atoms with Crippen LogP contribution >= 0.6 is 0 Å². The van der Waals surface area contributed by atoms with Crippen LogP contribution in [-0.4, -0.2) is 38.3 Å². The average Bonchev–Trinajstić information content (AvgIpc) is 3.16. The molecule has 1 aromatic carbocycles. The van der Waals surface area contributed by atoms with Crippen LogP contribution < -0.4 is 5.32 Å². The van der Waals surface area contributed by atoms with Gasteiger partial charge in [0.2, 0.25) is 0 Å². The van der Waals surface area contributed by atoms with Crippen molar-refractivity contribution in [1.82, 2.24) is 20.2 Å². The molecule has 7 nitrogen and oxygen atoms in total. The zero-order valence-corrected chi connectivity index (χ0v) is 13.9. The predicted octanol–water partition coefficient (Wildman–Crippen LogP) is 2.57. The van der Waals surface area contributed by atoms with Crippen LogP contribution in [0.3, 0.4) is 0 Å². The van der Waals surface area contributed by atoms with Crippen LogP contribution in [0.1, 0.15) is 39.7 Å². The van der Waals surface area contributed by atoms with Gasteiger partial charge in [-0.3, -0.25) is 4.79 Å². The first-order chi connectivity index (χ1) is 11.5. The molecule has 0 radical (unpaired) electrons. The molecular formula is C16H20FN5O2. The minimum absolute atomic E-state index is 0.00952. The number of amides is 1. The van der Waals surface area contributed by atoms with E-state index in [0.717, 1.165) is 6.42 Å². The van der Waals surface area contributed by atoms with E-state index in [1.165, 1.54) is 6.07 Å². The van der Waals surface area contributed by atoms with Crippen molar-refractivity contribution in [3.63, 3.8) is 0 Å². The Morgan fingerprint density at radius 2 is 2.21 bits per heavy atom. The summed E-state index contributed by atoms with van der Waals surface area (Å²) in [5.74, 6) is -0.392. The summed E-state index contributed by atoms with van der Waals surface area (Å²) < 4.78 is 21.5. The molecule has 0 bridgehead atoms. The number of tetrazole rings is 1. The standard InChI is InChI=1S/C16H20FN5O2/c1-9(2)22-15(19-20-21-22)12-6-5-11(8-13(12)17)18-16(23)14-7-4-10(3)24-14/h5-6,8-10,14H,4,7H2,1-3H3,(H,18,23). The molecule has 8 heteroatoms. The van der Waals surface area contributed by atoms with Crippen molar-refractivity contribution in [2.24, 2.45) is 0 Å². The van der Waals surface area contributed by atoms with Crippen LogP contribution in [0.5, 0.6) is 0 Å². The number of anilines is 1. The van der Waals surface area contributed by atoms with Crippen molar-refractivity contribution in [2.45, 2.75) is 51.9 Å². The zero-order valence-electron chi connectivity index (χ0n) is 13.9. The van der Waals surface area contributed by atoms with Crippen molar-refractivity contribution < 1.29 is 13.9 Å². The van der Waals surface area contributed by atoms with Gasteiger partial charge in [-0.1, -0.05) is 0 Å². The summed E-state index contributed by atoms with van der Waals surface area (Å²) in [6, 6.07) is 4.47. The Balaban J connectivity index is 1.77. The van der Waals surface area contributed by atoms with Crippen molar-refractivity contribution in [1.29, 1.82) is 0 Å². The number of ether oxygens (including phenoxy) is 1. The van der Waals surface area contributed by atoms with Gasteiger partial charge in [-0.05, 0) is 62.2 Å². The Morgan fingerprint density at radius 1 is 1.42 bits per heavy atom. The molecule has 24 heavy (non-hydrogen) atoms. The lowest BCUT2D eigenvalue weighted by molar-refractivity contribution is -0.126. The van der Waals surface area contributed by atoms with Crippen molar-refractivity contribution >= 4 is 11.6 Å². The molecule has 0 aliphatic carbocycles. The second-order valence-electron chi connectivity index (χ2n) is 6.24. The minimum Gasteiger partial charge on any atom is -0.365 e. The molecule has 1 N–H and O–H groups in total. The number of carbonyl (C=O) groups excluding carboxylic acids is 1. The van der Waals surface area contributed by atoms with E-state index < -0.39 is 11.9 Å². The normalized spacial score (nSPS) is 20.5. The largest absolute Gasteiger partial charge is 0.365 e. The highest BCUT2D eigenvalue weighted by Gasteiger charge is 2.28. The number of aromatic nitrogens is 4. The Bertz CT molecular complexity index is 746. The number of rotatable bonds is 4. The lowest BCUT2D eigenvalue weighted by Gasteiger charge is -2.13. The number of halogens is 1. The fourth-order valence-electron chi connectivity index (χ4n) is 2.71. The van der Waals surface area contributed by atoms with Gasteiger partial charge in [0.15, 0.2) is 5.82 Å². The first-order valence-corrected chi connectivity index (χ1v) is 8.00. The average molecular weight is 333 g/mol. The summed E-state index contributed by atoms with van der Waals surface area (Å²) in [6.07, 6.45) is 1.13. The van der Waals surface area contributed by atoms with Gasteiger partial charge in [0.05, 0.1) is 17.7 Å². The summed E-state index contributed by atoms with van der Waals surface area (Å²) in [5, 5.41) is 14.0. The molecule has 1 amide bonds. The number of benzene rings is 1. The van der Waals surface area contributed by atoms with Crippen LogP contribution in [0.2, 0.25) is 0 Å². The molecule has 2 aromatic rings. The maximum atomic E-state index is 14.5. The predicted molar refractivity (Wildman–Crippen MR) is 85.8 cm³/mol. The molecule has 128 valence electrons. The molecule has 2 heterocycles. The van der Waals surface area contributed by atoms with Gasteiger partial charge in [-0.15, -0.1) is 5.10 Å². The van der Waals surface area contributed by atoms with Gasteiger partial charge in [0.1, 0.15) is 11.9 Å². The van der Waals surface area contributed by atoms with Gasteiger partial charge in [0.25, 0.3) is 5.91 Å². The van der Waals surface area contributed by atoms with Gasteiger partial charge < -0.3 is 10.1 Å². The zero-order chi connectivity index (χ0) is 17.3. The third-order valence-corrected chi connectivity index (χ3v) is 3.98. The van der Waals surface area contributed by atoms with E-state index in [2.05, 4.69) is 20.8 Å². The first kappa shape index (κ1) is 16.5. The first-order valence-electron chi connectivity index (χ1n) is 8.00. The van der Waals surface area contributed by atoms with Gasteiger partial charge in [-0.25, -0.2) is 9.07 Å². The van der Waals surface area contributed by atoms with E-state index in [1.54, 1.807) is 16.8 Å². The fourth-order valence-corrected chi connectivity index (χ4v) is 2.71. The van der Waals surface area contributed by atoms with Crippen LogP contribution in [-0.2, 0) is 9.53 Å². The molecular weight excluding hydrogens is 313 g/mol. The van der Waals surface area contributed by atoms with Crippen LogP contribution in [0.4, 0.5) is 10.1 Å². The quantitative estimate of drug-likeness (QED) is 0.930. The SMILES string of the molecule is CC1CCC(C(=O)Nc2ccc(-c3nnnn3C(C)C)c(F)c2)O1. The third-order valence-electron chi connectivity index (χ3n) is 3.98. The molecule has 1 aromatic heterocycles. The molecule has 1 aliphatic rings. The van der Waals surface area contributed by atoms with Crippen LogP contribution in [0.25, 0.3) is 11.4 Å². The Kier molecular flexibility index (Phi) is 4.57. The van der Waals surface area contributed by atoms with Crippen molar-refractivity contribution in [3.05, 3.63) is 24.0 Å². The van der Waals surface area contributed by atoms with Gasteiger partial charge in [0, 0.05) is 5.69 Å². The number of nitrogens with zero attached hydrogens (tertiary/aromatic N) is 4. The smallest absolute Gasteiger partial charge is 0.253 e. The minimum atomic E-state index is -0.495. The molecule has 0 spiro atoms.